The third-order valence-corrected chi connectivity index (χ3v) is 2.10. The van der Waals surface area contributed by atoms with Gasteiger partial charge in [-0.2, -0.15) is 0 Å². The molecule has 4 nitrogen and oxygen atoms in total. The Hall–Kier alpha value is -2.10. The van der Waals surface area contributed by atoms with Gasteiger partial charge in [0.1, 0.15) is 12.4 Å². The Morgan fingerprint density at radius 2 is 1.94 bits per heavy atom. The van der Waals surface area contributed by atoms with E-state index in [1.807, 2.05) is 6.92 Å². The van der Waals surface area contributed by atoms with Crippen molar-refractivity contribution in [2.24, 2.45) is 0 Å². The Balaban J connectivity index is 2.51. The van der Waals surface area contributed by atoms with Crippen LogP contribution >= 0.6 is 0 Å². The number of hydrogen-bond acceptors (Lipinski definition) is 3. The zero-order valence-electron chi connectivity index (χ0n) is 9.55. The number of carbonyl (C=O) groups is 2. The van der Waals surface area contributed by atoms with Crippen LogP contribution in [0.15, 0.2) is 36.4 Å². The first-order valence-corrected chi connectivity index (χ1v) is 5.29. The standard InChI is InChI=1S/C13H14O4/c1-2-12(14)10-5-7-11(8-6-10)17-9-3-4-13(15)16/h3-8H,2,9H2,1H3,(H,15,16). The molecule has 1 N–H and O–H groups in total. The van der Waals surface area contributed by atoms with Gasteiger partial charge in [0, 0.05) is 18.1 Å². The lowest BCUT2D eigenvalue weighted by molar-refractivity contribution is -0.131. The van der Waals surface area contributed by atoms with Crippen molar-refractivity contribution in [3.63, 3.8) is 0 Å². The van der Waals surface area contributed by atoms with E-state index >= 15 is 0 Å². The molecule has 0 heterocycles. The zero-order chi connectivity index (χ0) is 12.7. The smallest absolute Gasteiger partial charge is 0.328 e. The summed E-state index contributed by atoms with van der Waals surface area (Å²) >= 11 is 0. The maximum atomic E-state index is 11.3. The van der Waals surface area contributed by atoms with E-state index < -0.39 is 5.97 Å². The molecule has 0 amide bonds. The molecule has 0 atom stereocenters. The second kappa shape index (κ2) is 6.48. The first-order valence-electron chi connectivity index (χ1n) is 5.29. The fourth-order valence-electron chi connectivity index (χ4n) is 1.23. The zero-order valence-corrected chi connectivity index (χ0v) is 9.55. The van der Waals surface area contributed by atoms with Gasteiger partial charge in [-0.25, -0.2) is 4.79 Å². The molecule has 90 valence electrons. The minimum atomic E-state index is -1.00. The van der Waals surface area contributed by atoms with Crippen molar-refractivity contribution in [2.75, 3.05) is 6.61 Å². The van der Waals surface area contributed by atoms with Gasteiger partial charge in [0.2, 0.25) is 0 Å². The molecule has 0 spiro atoms. The predicted molar refractivity (Wildman–Crippen MR) is 63.3 cm³/mol. The van der Waals surface area contributed by atoms with Crippen LogP contribution in [-0.2, 0) is 4.79 Å². The van der Waals surface area contributed by atoms with E-state index in [2.05, 4.69) is 0 Å². The normalized spacial score (nSPS) is 10.4. The van der Waals surface area contributed by atoms with Crippen molar-refractivity contribution in [1.82, 2.24) is 0 Å². The van der Waals surface area contributed by atoms with Gasteiger partial charge in [0.15, 0.2) is 5.78 Å². The lowest BCUT2D eigenvalue weighted by Gasteiger charge is -2.03. The molecule has 0 radical (unpaired) electrons. The van der Waals surface area contributed by atoms with Crippen molar-refractivity contribution in [3.05, 3.63) is 42.0 Å². The van der Waals surface area contributed by atoms with Crippen molar-refractivity contribution in [2.45, 2.75) is 13.3 Å². The number of hydrogen-bond donors (Lipinski definition) is 1. The SMILES string of the molecule is CCC(=O)c1ccc(OCC=CC(=O)O)cc1. The van der Waals surface area contributed by atoms with E-state index in [4.69, 9.17) is 9.84 Å². The highest BCUT2D eigenvalue weighted by Gasteiger charge is 2.02. The number of benzene rings is 1. The first-order chi connectivity index (χ1) is 8.13. The minimum Gasteiger partial charge on any atom is -0.490 e. The number of carbonyl (C=O) groups excluding carboxylic acids is 1. The van der Waals surface area contributed by atoms with E-state index in [1.54, 1.807) is 24.3 Å². The van der Waals surface area contributed by atoms with Gasteiger partial charge in [-0.15, -0.1) is 0 Å². The minimum absolute atomic E-state index is 0.0855. The average molecular weight is 234 g/mol. The van der Waals surface area contributed by atoms with E-state index in [0.717, 1.165) is 6.08 Å². The Morgan fingerprint density at radius 1 is 1.29 bits per heavy atom. The van der Waals surface area contributed by atoms with Crippen LogP contribution < -0.4 is 4.74 Å². The van der Waals surface area contributed by atoms with Crippen molar-refractivity contribution in [1.29, 1.82) is 0 Å². The number of carboxylic acid groups (broad SMARTS) is 1. The monoisotopic (exact) mass is 234 g/mol. The molecule has 0 aliphatic rings. The summed E-state index contributed by atoms with van der Waals surface area (Å²) in [7, 11) is 0. The maximum Gasteiger partial charge on any atom is 0.328 e. The molecule has 17 heavy (non-hydrogen) atoms. The summed E-state index contributed by atoms with van der Waals surface area (Å²) < 4.78 is 5.26. The molecule has 1 rings (SSSR count). The summed E-state index contributed by atoms with van der Waals surface area (Å²) in [5.41, 5.74) is 0.654. The lowest BCUT2D eigenvalue weighted by atomic mass is 10.1. The average Bonchev–Trinajstić information content (AvgIpc) is 2.34. The number of ketones is 1. The third-order valence-electron chi connectivity index (χ3n) is 2.10. The van der Waals surface area contributed by atoms with Crippen LogP contribution in [-0.4, -0.2) is 23.5 Å². The quantitative estimate of drug-likeness (QED) is 0.606. The molecule has 1 aromatic carbocycles. The van der Waals surface area contributed by atoms with Crippen LogP contribution in [0.4, 0.5) is 0 Å². The molecular formula is C13H14O4. The summed E-state index contributed by atoms with van der Waals surface area (Å²) in [5.74, 6) is -0.312. The van der Waals surface area contributed by atoms with Gasteiger partial charge >= 0.3 is 5.97 Å². The van der Waals surface area contributed by atoms with Gasteiger partial charge in [-0.05, 0) is 30.3 Å². The number of ether oxygens (including phenoxy) is 1. The number of Topliss-reactive ketones (excluding diaryl/α,β-unsaturated/α-hetero) is 1. The largest absolute Gasteiger partial charge is 0.490 e. The maximum absolute atomic E-state index is 11.3. The molecule has 4 heteroatoms. The van der Waals surface area contributed by atoms with Crippen LogP contribution in [0.2, 0.25) is 0 Å². The highest BCUT2D eigenvalue weighted by molar-refractivity contribution is 5.95. The number of rotatable bonds is 6. The molecule has 0 saturated heterocycles. The molecule has 1 aromatic rings. The molecule has 0 bridgehead atoms. The molecular weight excluding hydrogens is 220 g/mol. The van der Waals surface area contributed by atoms with Crippen LogP contribution in [0.25, 0.3) is 0 Å². The van der Waals surface area contributed by atoms with Gasteiger partial charge in [-0.1, -0.05) is 6.92 Å². The van der Waals surface area contributed by atoms with Gasteiger partial charge < -0.3 is 9.84 Å². The lowest BCUT2D eigenvalue weighted by Crippen LogP contribution is -1.98. The summed E-state index contributed by atoms with van der Waals surface area (Å²) in [6, 6.07) is 6.78. The van der Waals surface area contributed by atoms with Crippen LogP contribution in [0.3, 0.4) is 0 Å². The van der Waals surface area contributed by atoms with Crippen molar-refractivity contribution >= 4 is 11.8 Å². The van der Waals surface area contributed by atoms with E-state index in [0.29, 0.717) is 17.7 Å². The first kappa shape index (κ1) is 13.0. The number of carboxylic acids is 1. The van der Waals surface area contributed by atoms with Gasteiger partial charge in [0.05, 0.1) is 0 Å². The second-order valence-corrected chi connectivity index (χ2v) is 3.35. The second-order valence-electron chi connectivity index (χ2n) is 3.35. The Bertz CT molecular complexity index is 418. The fourth-order valence-corrected chi connectivity index (χ4v) is 1.23. The molecule has 0 aromatic heterocycles. The van der Waals surface area contributed by atoms with Gasteiger partial charge in [-0.3, -0.25) is 4.79 Å². The van der Waals surface area contributed by atoms with E-state index in [1.165, 1.54) is 6.08 Å². The summed E-state index contributed by atoms with van der Waals surface area (Å²) in [6.07, 6.45) is 2.91. The van der Waals surface area contributed by atoms with E-state index in [-0.39, 0.29) is 12.4 Å². The molecule has 0 aliphatic carbocycles. The van der Waals surface area contributed by atoms with Crippen molar-refractivity contribution < 1.29 is 19.4 Å². The highest BCUT2D eigenvalue weighted by atomic mass is 16.5. The summed E-state index contributed by atoms with van der Waals surface area (Å²) in [5, 5.41) is 8.36. The van der Waals surface area contributed by atoms with Crippen molar-refractivity contribution in [3.8, 4) is 5.75 Å². The topological polar surface area (TPSA) is 63.6 Å². The molecule has 0 fully saturated rings. The van der Waals surface area contributed by atoms with Gasteiger partial charge in [0.25, 0.3) is 0 Å². The van der Waals surface area contributed by atoms with Crippen LogP contribution in [0.5, 0.6) is 5.75 Å². The molecule has 0 saturated carbocycles. The van der Waals surface area contributed by atoms with Crippen LogP contribution in [0, 0.1) is 0 Å². The molecule has 0 unspecified atom stereocenters. The summed E-state index contributed by atoms with van der Waals surface area (Å²) in [4.78, 5) is 21.5. The Morgan fingerprint density at radius 3 is 2.47 bits per heavy atom. The van der Waals surface area contributed by atoms with Crippen LogP contribution in [0.1, 0.15) is 23.7 Å². The number of aliphatic carboxylic acids is 1. The Labute approximate surface area is 99.5 Å². The predicted octanol–water partition coefficient (Wildman–Crippen LogP) is 2.30. The molecule has 0 aliphatic heterocycles. The van der Waals surface area contributed by atoms with E-state index in [9.17, 15) is 9.59 Å². The Kier molecular flexibility index (Phi) is 4.94. The fraction of sp³-hybridized carbons (Fsp3) is 0.231. The summed E-state index contributed by atoms with van der Waals surface area (Å²) in [6.45, 7) is 2.00. The third kappa shape index (κ3) is 4.51. The highest BCUT2D eigenvalue weighted by Crippen LogP contribution is 2.13.